The quantitative estimate of drug-likeness (QED) is 0.908. The van der Waals surface area contributed by atoms with Crippen molar-refractivity contribution in [2.24, 2.45) is 5.92 Å². The maximum absolute atomic E-state index is 11.6. The van der Waals surface area contributed by atoms with Gasteiger partial charge in [0.1, 0.15) is 0 Å². The van der Waals surface area contributed by atoms with Crippen LogP contribution in [0.3, 0.4) is 0 Å². The fraction of sp³-hybridized carbons (Fsp3) is 0.625. The average Bonchev–Trinajstić information content (AvgIpc) is 2.45. The van der Waals surface area contributed by atoms with E-state index in [1.54, 1.807) is 4.31 Å². The van der Waals surface area contributed by atoms with Crippen LogP contribution in [0.15, 0.2) is 30.3 Å². The Hall–Kier alpha value is -0.910. The first kappa shape index (κ1) is 16.5. The second kappa shape index (κ2) is 6.90. The summed E-state index contributed by atoms with van der Waals surface area (Å²) in [6.45, 7) is 5.68. The van der Waals surface area contributed by atoms with Gasteiger partial charge in [0, 0.05) is 25.2 Å². The lowest BCUT2D eigenvalue weighted by atomic mass is 9.94. The molecule has 1 fully saturated rings. The minimum atomic E-state index is -3.04. The third-order valence-electron chi connectivity index (χ3n) is 4.16. The van der Waals surface area contributed by atoms with Crippen molar-refractivity contribution in [3.05, 3.63) is 35.9 Å². The van der Waals surface area contributed by atoms with Gasteiger partial charge in [-0.3, -0.25) is 0 Å². The van der Waals surface area contributed by atoms with Gasteiger partial charge in [-0.25, -0.2) is 12.7 Å². The molecule has 118 valence electrons. The van der Waals surface area contributed by atoms with Crippen LogP contribution in [0.1, 0.15) is 38.3 Å². The lowest BCUT2D eigenvalue weighted by molar-refractivity contribution is 0.256. The molecule has 21 heavy (non-hydrogen) atoms. The highest BCUT2D eigenvalue weighted by Gasteiger charge is 2.27. The maximum Gasteiger partial charge on any atom is 0.211 e. The van der Waals surface area contributed by atoms with E-state index in [0.717, 1.165) is 12.8 Å². The van der Waals surface area contributed by atoms with Crippen LogP contribution in [0.4, 0.5) is 0 Å². The number of rotatable bonds is 5. The zero-order valence-corrected chi connectivity index (χ0v) is 13.9. The first-order valence-corrected chi connectivity index (χ1v) is 9.49. The van der Waals surface area contributed by atoms with E-state index in [-0.39, 0.29) is 0 Å². The summed E-state index contributed by atoms with van der Waals surface area (Å²) in [4.78, 5) is 0. The number of sulfonamides is 1. The zero-order valence-electron chi connectivity index (χ0n) is 13.1. The molecule has 2 rings (SSSR count). The lowest BCUT2D eigenvalue weighted by Gasteiger charge is -2.34. The Kier molecular flexibility index (Phi) is 5.41. The molecule has 0 aliphatic carbocycles. The molecule has 0 spiro atoms. The highest BCUT2D eigenvalue weighted by Crippen LogP contribution is 2.24. The Morgan fingerprint density at radius 2 is 1.71 bits per heavy atom. The molecule has 1 aliphatic heterocycles. The van der Waals surface area contributed by atoms with E-state index in [9.17, 15) is 8.42 Å². The molecule has 1 aliphatic rings. The van der Waals surface area contributed by atoms with Crippen molar-refractivity contribution in [1.82, 2.24) is 9.62 Å². The highest BCUT2D eigenvalue weighted by atomic mass is 32.2. The summed E-state index contributed by atoms with van der Waals surface area (Å²) in [6.07, 6.45) is 3.05. The summed E-state index contributed by atoms with van der Waals surface area (Å²) in [5, 5.41) is 3.72. The number of hydrogen-bond acceptors (Lipinski definition) is 3. The zero-order chi connectivity index (χ0) is 15.5. The molecular formula is C16H26N2O2S. The van der Waals surface area contributed by atoms with E-state index in [1.165, 1.54) is 11.8 Å². The van der Waals surface area contributed by atoms with Gasteiger partial charge in [0.25, 0.3) is 0 Å². The van der Waals surface area contributed by atoms with E-state index < -0.39 is 10.0 Å². The summed E-state index contributed by atoms with van der Waals surface area (Å²) in [5.74, 6) is 0.500. The predicted molar refractivity (Wildman–Crippen MR) is 86.6 cm³/mol. The molecule has 0 bridgehead atoms. The molecule has 4 nitrogen and oxygen atoms in total. The molecule has 5 heteroatoms. The molecule has 1 aromatic rings. The molecule has 1 saturated heterocycles. The normalized spacial score (nSPS) is 19.8. The van der Waals surface area contributed by atoms with Crippen molar-refractivity contribution < 1.29 is 8.42 Å². The average molecular weight is 310 g/mol. The monoisotopic (exact) mass is 310 g/mol. The molecule has 1 unspecified atom stereocenters. The molecule has 1 aromatic carbocycles. The fourth-order valence-corrected chi connectivity index (χ4v) is 3.82. The van der Waals surface area contributed by atoms with Crippen molar-refractivity contribution >= 4 is 10.0 Å². The SMILES string of the molecule is CC(C)C(NC1CCN(S(C)(=O)=O)CC1)c1ccccc1. The molecule has 1 atom stereocenters. The third-order valence-corrected chi connectivity index (χ3v) is 5.47. The minimum Gasteiger partial charge on any atom is -0.307 e. The van der Waals surface area contributed by atoms with Gasteiger partial charge in [-0.05, 0) is 24.3 Å². The number of piperidine rings is 1. The second-order valence-corrected chi connectivity index (χ2v) is 8.22. The predicted octanol–water partition coefficient (Wildman–Crippen LogP) is 2.40. The number of benzene rings is 1. The van der Waals surface area contributed by atoms with Gasteiger partial charge in [0.2, 0.25) is 10.0 Å². The van der Waals surface area contributed by atoms with Crippen LogP contribution in [0, 0.1) is 5.92 Å². The van der Waals surface area contributed by atoms with Gasteiger partial charge in [-0.1, -0.05) is 44.2 Å². The van der Waals surface area contributed by atoms with E-state index in [0.29, 0.717) is 31.1 Å². The summed E-state index contributed by atoms with van der Waals surface area (Å²) >= 11 is 0. The molecule has 0 amide bonds. The Labute approximate surface area is 128 Å². The smallest absolute Gasteiger partial charge is 0.211 e. The molecule has 1 heterocycles. The molecule has 0 aromatic heterocycles. The summed E-state index contributed by atoms with van der Waals surface area (Å²) in [6, 6.07) is 11.2. The van der Waals surface area contributed by atoms with E-state index in [1.807, 2.05) is 6.07 Å². The molecule has 0 radical (unpaired) electrons. The Bertz CT molecular complexity index is 535. The van der Waals surface area contributed by atoms with Gasteiger partial charge in [0.15, 0.2) is 0 Å². The number of hydrogen-bond donors (Lipinski definition) is 1. The van der Waals surface area contributed by atoms with Crippen LogP contribution in [-0.4, -0.2) is 38.1 Å². The van der Waals surface area contributed by atoms with Crippen molar-refractivity contribution in [2.75, 3.05) is 19.3 Å². The minimum absolute atomic E-state index is 0.320. The summed E-state index contributed by atoms with van der Waals surface area (Å²) < 4.78 is 24.7. The second-order valence-electron chi connectivity index (χ2n) is 6.24. The molecular weight excluding hydrogens is 284 g/mol. The van der Waals surface area contributed by atoms with E-state index in [2.05, 4.69) is 43.4 Å². The number of nitrogens with zero attached hydrogens (tertiary/aromatic N) is 1. The van der Waals surface area contributed by atoms with Gasteiger partial charge >= 0.3 is 0 Å². The van der Waals surface area contributed by atoms with Crippen molar-refractivity contribution in [3.8, 4) is 0 Å². The van der Waals surface area contributed by atoms with Crippen LogP contribution in [0.2, 0.25) is 0 Å². The first-order chi connectivity index (χ1) is 9.88. The Morgan fingerprint density at radius 3 is 2.19 bits per heavy atom. The maximum atomic E-state index is 11.6. The van der Waals surface area contributed by atoms with E-state index >= 15 is 0 Å². The van der Waals surface area contributed by atoms with Crippen LogP contribution in [0.25, 0.3) is 0 Å². The van der Waals surface area contributed by atoms with E-state index in [4.69, 9.17) is 0 Å². The lowest BCUT2D eigenvalue weighted by Crippen LogP contribution is -2.46. The highest BCUT2D eigenvalue weighted by molar-refractivity contribution is 7.88. The van der Waals surface area contributed by atoms with Crippen molar-refractivity contribution in [1.29, 1.82) is 0 Å². The van der Waals surface area contributed by atoms with Gasteiger partial charge in [0.05, 0.1) is 6.26 Å². The van der Waals surface area contributed by atoms with Gasteiger partial charge in [-0.15, -0.1) is 0 Å². The Morgan fingerprint density at radius 1 is 1.14 bits per heavy atom. The largest absolute Gasteiger partial charge is 0.307 e. The van der Waals surface area contributed by atoms with Gasteiger partial charge in [-0.2, -0.15) is 0 Å². The van der Waals surface area contributed by atoms with Crippen LogP contribution >= 0.6 is 0 Å². The van der Waals surface area contributed by atoms with Crippen molar-refractivity contribution in [3.63, 3.8) is 0 Å². The van der Waals surface area contributed by atoms with Crippen LogP contribution in [-0.2, 0) is 10.0 Å². The topological polar surface area (TPSA) is 49.4 Å². The third kappa shape index (κ3) is 4.53. The fourth-order valence-electron chi connectivity index (χ4n) is 2.94. The van der Waals surface area contributed by atoms with Crippen LogP contribution < -0.4 is 5.32 Å². The standard InChI is InChI=1S/C16H26N2O2S/c1-13(2)16(14-7-5-4-6-8-14)17-15-9-11-18(12-10-15)21(3,19)20/h4-8,13,15-17H,9-12H2,1-3H3. The Balaban J connectivity index is 1.97. The summed E-state index contributed by atoms with van der Waals surface area (Å²) in [5.41, 5.74) is 1.30. The van der Waals surface area contributed by atoms with Gasteiger partial charge < -0.3 is 5.32 Å². The summed E-state index contributed by atoms with van der Waals surface area (Å²) in [7, 11) is -3.04. The number of nitrogens with one attached hydrogen (secondary N) is 1. The first-order valence-electron chi connectivity index (χ1n) is 7.64. The molecule has 0 saturated carbocycles. The van der Waals surface area contributed by atoms with Crippen LogP contribution in [0.5, 0.6) is 0 Å². The molecule has 1 N–H and O–H groups in total. The van der Waals surface area contributed by atoms with Crippen molar-refractivity contribution in [2.45, 2.75) is 38.8 Å².